The number of rotatable bonds is 11. The minimum atomic E-state index is -1.62. The Kier molecular flexibility index (Phi) is 10.0. The van der Waals surface area contributed by atoms with Crippen LogP contribution in [0.15, 0.2) is 24.3 Å². The Bertz CT molecular complexity index is 1050. The highest BCUT2D eigenvalue weighted by molar-refractivity contribution is 5.54. The molecule has 38 heavy (non-hydrogen) atoms. The number of aliphatic hydroxyl groups excluding tert-OH is 5. The molecule has 0 saturated carbocycles. The molecule has 1 aliphatic rings. The molecule has 12 nitrogen and oxygen atoms in total. The van der Waals surface area contributed by atoms with Crippen LogP contribution in [0.5, 0.6) is 28.7 Å². The van der Waals surface area contributed by atoms with E-state index in [1.165, 1.54) is 27.4 Å². The summed E-state index contributed by atoms with van der Waals surface area (Å²) in [6, 6.07) is 6.28. The van der Waals surface area contributed by atoms with E-state index in [1.807, 2.05) is 0 Å². The topological polar surface area (TPSA) is 188 Å². The van der Waals surface area contributed by atoms with Crippen LogP contribution in [0.25, 0.3) is 0 Å². The lowest BCUT2D eigenvalue weighted by Crippen LogP contribution is -2.59. The Labute approximate surface area is 220 Å². The number of phenolic OH excluding ortho intramolecular Hbond substituents is 2. The molecule has 0 amide bonds. The number of ether oxygens (including phenoxy) is 5. The largest absolute Gasteiger partial charge is 0.504 e. The first-order chi connectivity index (χ1) is 18.1. The van der Waals surface area contributed by atoms with E-state index in [2.05, 4.69) is 0 Å². The zero-order valence-electron chi connectivity index (χ0n) is 21.6. The molecule has 0 spiro atoms. The fraction of sp³-hybridized carbons (Fsp3) is 0.538. The lowest BCUT2D eigenvalue weighted by molar-refractivity contribution is -0.301. The monoisotopic (exact) mass is 540 g/mol. The molecule has 0 radical (unpaired) electrons. The lowest BCUT2D eigenvalue weighted by Gasteiger charge is -2.40. The Morgan fingerprint density at radius 3 is 1.95 bits per heavy atom. The number of hydrogen-bond donors (Lipinski definition) is 7. The summed E-state index contributed by atoms with van der Waals surface area (Å²) in [7, 11) is 4.15. The second-order valence-electron chi connectivity index (χ2n) is 9.12. The normalized spacial score (nSPS) is 25.0. The highest BCUT2D eigenvalue weighted by Crippen LogP contribution is 2.42. The first-order valence-corrected chi connectivity index (χ1v) is 12.0. The molecule has 2 aromatic carbocycles. The van der Waals surface area contributed by atoms with E-state index in [0.29, 0.717) is 16.7 Å². The maximum atomic E-state index is 11.0. The highest BCUT2D eigenvalue weighted by Gasteiger charge is 2.44. The maximum absolute atomic E-state index is 11.0. The van der Waals surface area contributed by atoms with Crippen LogP contribution in [-0.2, 0) is 15.9 Å². The van der Waals surface area contributed by atoms with Crippen LogP contribution in [0.3, 0.4) is 0 Å². The van der Waals surface area contributed by atoms with Gasteiger partial charge < -0.3 is 59.4 Å². The third-order valence-electron chi connectivity index (χ3n) is 6.60. The van der Waals surface area contributed by atoms with Crippen molar-refractivity contribution in [3.05, 3.63) is 41.0 Å². The van der Waals surface area contributed by atoms with Gasteiger partial charge in [0.2, 0.25) is 5.75 Å². The zero-order chi connectivity index (χ0) is 28.1. The minimum absolute atomic E-state index is 0.122. The quantitative estimate of drug-likeness (QED) is 0.207. The van der Waals surface area contributed by atoms with Crippen LogP contribution in [0.2, 0.25) is 0 Å². The Morgan fingerprint density at radius 2 is 1.42 bits per heavy atom. The van der Waals surface area contributed by atoms with Crippen LogP contribution in [0.1, 0.15) is 35.6 Å². The average molecular weight is 541 g/mol. The van der Waals surface area contributed by atoms with Gasteiger partial charge in [-0.05, 0) is 48.7 Å². The number of hydrogen-bond acceptors (Lipinski definition) is 12. The molecular formula is C26H36O12. The van der Waals surface area contributed by atoms with Gasteiger partial charge in [0.05, 0.1) is 40.6 Å². The molecule has 7 atom stereocenters. The zero-order valence-corrected chi connectivity index (χ0v) is 21.6. The summed E-state index contributed by atoms with van der Waals surface area (Å²) in [5.41, 5.74) is 1.43. The standard InChI is InChI=1S/C26H36O12/c1-12(28)14-8-16(21(29)19(9-14)36-4)15(5-13-6-17(34-2)22(30)18(7-13)35-3)11-37-26-25(33)24(32)23(31)20(10-27)38-26/h6-9,12,15,20,23-33H,5,10-11H2,1-4H3/t12?,15?,20-,23-,24+,25-,26-/m1/s1. The highest BCUT2D eigenvalue weighted by atomic mass is 16.7. The fourth-order valence-corrected chi connectivity index (χ4v) is 4.38. The van der Waals surface area contributed by atoms with E-state index in [9.17, 15) is 35.7 Å². The van der Waals surface area contributed by atoms with Crippen molar-refractivity contribution < 1.29 is 59.4 Å². The smallest absolute Gasteiger partial charge is 0.200 e. The maximum Gasteiger partial charge on any atom is 0.200 e. The van der Waals surface area contributed by atoms with Crippen LogP contribution >= 0.6 is 0 Å². The van der Waals surface area contributed by atoms with Gasteiger partial charge in [-0.3, -0.25) is 0 Å². The van der Waals surface area contributed by atoms with Gasteiger partial charge in [-0.1, -0.05) is 0 Å². The average Bonchev–Trinajstić information content (AvgIpc) is 2.91. The molecule has 1 saturated heterocycles. The summed E-state index contributed by atoms with van der Waals surface area (Å²) in [6.45, 7) is 0.759. The number of aliphatic hydroxyl groups is 5. The van der Waals surface area contributed by atoms with Crippen molar-refractivity contribution in [2.75, 3.05) is 34.5 Å². The van der Waals surface area contributed by atoms with E-state index >= 15 is 0 Å². The first kappa shape index (κ1) is 29.7. The van der Waals surface area contributed by atoms with Gasteiger partial charge in [0.15, 0.2) is 29.3 Å². The molecule has 1 aliphatic heterocycles. The SMILES string of the molecule is COc1cc(CC(CO[C@@H]2O[C@H](CO)[C@@H](O)[C@H](O)[C@H]2O)c2cc(C(C)O)cc(OC)c2O)cc(OC)c1O. The van der Waals surface area contributed by atoms with E-state index < -0.39 is 49.3 Å². The van der Waals surface area contributed by atoms with Gasteiger partial charge in [0, 0.05) is 11.5 Å². The van der Waals surface area contributed by atoms with Gasteiger partial charge in [-0.2, -0.15) is 0 Å². The van der Waals surface area contributed by atoms with E-state index in [-0.39, 0.29) is 41.8 Å². The van der Waals surface area contributed by atoms with Crippen molar-refractivity contribution in [2.24, 2.45) is 0 Å². The van der Waals surface area contributed by atoms with Crippen molar-refractivity contribution in [3.8, 4) is 28.7 Å². The minimum Gasteiger partial charge on any atom is -0.504 e. The lowest BCUT2D eigenvalue weighted by atomic mass is 9.89. The molecule has 1 fully saturated rings. The van der Waals surface area contributed by atoms with Crippen molar-refractivity contribution in [2.45, 2.75) is 56.1 Å². The van der Waals surface area contributed by atoms with Gasteiger partial charge in [0.25, 0.3) is 0 Å². The molecule has 212 valence electrons. The molecule has 12 heteroatoms. The molecule has 2 unspecified atom stereocenters. The summed E-state index contributed by atoms with van der Waals surface area (Å²) in [5.74, 6) is -0.600. The van der Waals surface area contributed by atoms with Gasteiger partial charge in [-0.25, -0.2) is 0 Å². The molecule has 1 heterocycles. The molecule has 2 aromatic rings. The summed E-state index contributed by atoms with van der Waals surface area (Å²) < 4.78 is 27.1. The molecule has 7 N–H and O–H groups in total. The number of phenols is 2. The Hall–Kier alpha value is -2.84. The number of aromatic hydroxyl groups is 2. The van der Waals surface area contributed by atoms with Gasteiger partial charge in [-0.15, -0.1) is 0 Å². The molecule has 3 rings (SSSR count). The van der Waals surface area contributed by atoms with Crippen LogP contribution in [0.4, 0.5) is 0 Å². The third kappa shape index (κ3) is 6.24. The van der Waals surface area contributed by atoms with Crippen LogP contribution in [0, 0.1) is 0 Å². The number of benzene rings is 2. The molecule has 0 aliphatic carbocycles. The van der Waals surface area contributed by atoms with Gasteiger partial charge >= 0.3 is 0 Å². The van der Waals surface area contributed by atoms with Crippen molar-refractivity contribution in [1.29, 1.82) is 0 Å². The van der Waals surface area contributed by atoms with E-state index in [0.717, 1.165) is 0 Å². The summed E-state index contributed by atoms with van der Waals surface area (Å²) in [5, 5.41) is 71.6. The Balaban J connectivity index is 2.01. The van der Waals surface area contributed by atoms with Gasteiger partial charge in [0.1, 0.15) is 24.4 Å². The van der Waals surface area contributed by atoms with E-state index in [1.54, 1.807) is 25.1 Å². The molecule has 0 aromatic heterocycles. The predicted octanol–water partition coefficient (Wildman–Crippen LogP) is 0.320. The van der Waals surface area contributed by atoms with Crippen LogP contribution in [-0.4, -0.2) is 101 Å². The van der Waals surface area contributed by atoms with E-state index in [4.69, 9.17) is 23.7 Å². The van der Waals surface area contributed by atoms with Crippen molar-refractivity contribution in [3.63, 3.8) is 0 Å². The Morgan fingerprint density at radius 1 is 0.842 bits per heavy atom. The summed E-state index contributed by atoms with van der Waals surface area (Å²) in [4.78, 5) is 0. The third-order valence-corrected chi connectivity index (χ3v) is 6.60. The number of methoxy groups -OCH3 is 3. The van der Waals surface area contributed by atoms with Crippen molar-refractivity contribution in [1.82, 2.24) is 0 Å². The molecule has 0 bridgehead atoms. The predicted molar refractivity (Wildman–Crippen MR) is 133 cm³/mol. The van der Waals surface area contributed by atoms with Crippen molar-refractivity contribution >= 4 is 0 Å². The summed E-state index contributed by atoms with van der Waals surface area (Å²) in [6.07, 6.45) is -8.04. The summed E-state index contributed by atoms with van der Waals surface area (Å²) >= 11 is 0. The first-order valence-electron chi connectivity index (χ1n) is 12.0. The molecular weight excluding hydrogens is 504 g/mol. The van der Waals surface area contributed by atoms with Crippen LogP contribution < -0.4 is 14.2 Å². The second-order valence-corrected chi connectivity index (χ2v) is 9.12. The fourth-order valence-electron chi connectivity index (χ4n) is 4.38. The second kappa shape index (κ2) is 12.8.